The Hall–Kier alpha value is -2.65. The molecule has 1 heterocycles. The highest BCUT2D eigenvalue weighted by Gasteiger charge is 2.43. The number of carbonyl (C=O) groups excluding carboxylic acids is 1. The van der Waals surface area contributed by atoms with E-state index in [1.54, 1.807) is 11.6 Å². The fourth-order valence-corrected chi connectivity index (χ4v) is 1.82. The van der Waals surface area contributed by atoms with E-state index in [0.717, 1.165) is 12.1 Å². The van der Waals surface area contributed by atoms with Gasteiger partial charge in [-0.05, 0) is 12.1 Å². The second-order valence-corrected chi connectivity index (χ2v) is 4.90. The quantitative estimate of drug-likeness (QED) is 0.783. The van der Waals surface area contributed by atoms with Crippen LogP contribution in [0.25, 0.3) is 0 Å². The number of nitrogens with zero attached hydrogens (tertiary/aromatic N) is 3. The van der Waals surface area contributed by atoms with E-state index in [0.29, 0.717) is 12.2 Å². The second kappa shape index (κ2) is 7.28. The third-order valence-electron chi connectivity index (χ3n) is 3.01. The van der Waals surface area contributed by atoms with Crippen LogP contribution in [0.1, 0.15) is 12.2 Å². The van der Waals surface area contributed by atoms with Gasteiger partial charge in [-0.15, -0.1) is 10.2 Å². The number of anilines is 1. The van der Waals surface area contributed by atoms with Gasteiger partial charge in [0.15, 0.2) is 0 Å². The van der Waals surface area contributed by atoms with Crippen LogP contribution in [0.2, 0.25) is 0 Å². The average Bonchev–Trinajstić information content (AvgIpc) is 2.90. The molecule has 0 saturated heterocycles. The number of hydrogen-bond donors (Lipinski definition) is 1. The molecule has 6 nitrogen and oxygen atoms in total. The Balaban J connectivity index is 1.94. The molecule has 1 aromatic carbocycles. The molecule has 0 atom stereocenters. The molecule has 0 spiro atoms. The molecule has 0 radical (unpaired) electrons. The smallest absolute Gasteiger partial charge is 0.428 e. The topological polar surface area (TPSA) is 69.0 Å². The fraction of sp³-hybridized carbons (Fsp3) is 0.357. The van der Waals surface area contributed by atoms with E-state index in [1.807, 2.05) is 0 Å². The van der Waals surface area contributed by atoms with E-state index in [-0.39, 0.29) is 12.1 Å². The van der Waals surface area contributed by atoms with Crippen LogP contribution in [0.15, 0.2) is 30.6 Å². The van der Waals surface area contributed by atoms with Crippen LogP contribution in [-0.4, -0.2) is 33.2 Å². The summed E-state index contributed by atoms with van der Waals surface area (Å²) < 4.78 is 55.6. The summed E-state index contributed by atoms with van der Waals surface area (Å²) in [7, 11) is 1.73. The van der Waals surface area contributed by atoms with Gasteiger partial charge in [-0.3, -0.25) is 4.79 Å². The summed E-state index contributed by atoms with van der Waals surface area (Å²) in [6.45, 7) is 0. The van der Waals surface area contributed by atoms with Crippen molar-refractivity contribution in [2.45, 2.75) is 25.4 Å². The van der Waals surface area contributed by atoms with Crippen LogP contribution in [0.5, 0.6) is 5.75 Å². The fourth-order valence-electron chi connectivity index (χ4n) is 1.82. The number of rotatable bonds is 7. The average molecular weight is 346 g/mol. The Morgan fingerprint density at radius 3 is 2.79 bits per heavy atom. The summed E-state index contributed by atoms with van der Waals surface area (Å²) >= 11 is 0. The van der Waals surface area contributed by atoms with Crippen LogP contribution in [0, 0.1) is 0 Å². The SMILES string of the molecule is Cn1cnnc1CCC(=O)Nc1cccc(OC(F)(F)C(F)F)c1. The monoisotopic (exact) mass is 346 g/mol. The lowest BCUT2D eigenvalue weighted by molar-refractivity contribution is -0.253. The van der Waals surface area contributed by atoms with E-state index in [4.69, 9.17) is 0 Å². The molecular weight excluding hydrogens is 332 g/mol. The lowest BCUT2D eigenvalue weighted by atomic mass is 10.2. The number of ether oxygens (including phenoxy) is 1. The normalized spacial score (nSPS) is 11.6. The summed E-state index contributed by atoms with van der Waals surface area (Å²) in [6.07, 6.45) is -6.64. The van der Waals surface area contributed by atoms with Gasteiger partial charge in [0.25, 0.3) is 0 Å². The molecule has 2 aromatic rings. The highest BCUT2D eigenvalue weighted by molar-refractivity contribution is 5.90. The summed E-state index contributed by atoms with van der Waals surface area (Å²) in [5.74, 6) is -0.263. The zero-order valence-corrected chi connectivity index (χ0v) is 12.5. The maximum absolute atomic E-state index is 12.9. The molecule has 2 rings (SSSR count). The first kappa shape index (κ1) is 17.7. The lowest BCUT2D eigenvalue weighted by Crippen LogP contribution is -2.33. The van der Waals surface area contributed by atoms with Gasteiger partial charge in [0.1, 0.15) is 17.9 Å². The molecule has 0 saturated carbocycles. The highest BCUT2D eigenvalue weighted by atomic mass is 19.3. The van der Waals surface area contributed by atoms with Gasteiger partial charge < -0.3 is 14.6 Å². The molecule has 0 bridgehead atoms. The second-order valence-electron chi connectivity index (χ2n) is 4.90. The van der Waals surface area contributed by atoms with Crippen LogP contribution < -0.4 is 10.1 Å². The summed E-state index contributed by atoms with van der Waals surface area (Å²) in [5.41, 5.74) is 0.153. The van der Waals surface area contributed by atoms with E-state index < -0.39 is 24.2 Å². The van der Waals surface area contributed by atoms with Gasteiger partial charge in [0.2, 0.25) is 5.91 Å². The van der Waals surface area contributed by atoms with Gasteiger partial charge in [-0.1, -0.05) is 6.07 Å². The standard InChI is InChI=1S/C14H14F4N4O2/c1-22-8-19-21-11(22)5-6-12(23)20-9-3-2-4-10(7-9)24-14(17,18)13(15)16/h2-4,7-8,13H,5-6H2,1H3,(H,20,23). The number of nitrogens with one attached hydrogen (secondary N) is 1. The van der Waals surface area contributed by atoms with Crippen molar-refractivity contribution in [2.75, 3.05) is 5.32 Å². The van der Waals surface area contributed by atoms with Gasteiger partial charge in [0.05, 0.1) is 0 Å². The molecule has 130 valence electrons. The number of benzene rings is 1. The Bertz CT molecular complexity index is 706. The van der Waals surface area contributed by atoms with Crippen molar-refractivity contribution in [3.05, 3.63) is 36.4 Å². The maximum Gasteiger partial charge on any atom is 0.461 e. The minimum atomic E-state index is -4.60. The third-order valence-corrected chi connectivity index (χ3v) is 3.01. The number of alkyl halides is 4. The molecule has 0 fully saturated rings. The Labute approximate surface area is 134 Å². The zero-order chi connectivity index (χ0) is 17.7. The van der Waals surface area contributed by atoms with Crippen LogP contribution in [0.4, 0.5) is 23.2 Å². The van der Waals surface area contributed by atoms with E-state index in [9.17, 15) is 22.4 Å². The van der Waals surface area contributed by atoms with E-state index in [2.05, 4.69) is 20.3 Å². The first-order valence-electron chi connectivity index (χ1n) is 6.85. The third kappa shape index (κ3) is 4.67. The molecule has 0 aliphatic carbocycles. The molecule has 0 aliphatic rings. The number of aromatic nitrogens is 3. The predicted molar refractivity (Wildman–Crippen MR) is 76.0 cm³/mol. The highest BCUT2D eigenvalue weighted by Crippen LogP contribution is 2.28. The largest absolute Gasteiger partial charge is 0.461 e. The number of halogens is 4. The first-order valence-corrected chi connectivity index (χ1v) is 6.85. The van der Waals surface area contributed by atoms with Crippen LogP contribution in [-0.2, 0) is 18.3 Å². The Morgan fingerprint density at radius 1 is 1.42 bits per heavy atom. The minimum Gasteiger partial charge on any atom is -0.428 e. The van der Waals surface area contributed by atoms with Crippen molar-refractivity contribution < 1.29 is 27.1 Å². The van der Waals surface area contributed by atoms with Crippen molar-refractivity contribution >= 4 is 11.6 Å². The van der Waals surface area contributed by atoms with Crippen molar-refractivity contribution in [3.8, 4) is 5.75 Å². The lowest BCUT2D eigenvalue weighted by Gasteiger charge is -2.17. The molecule has 1 amide bonds. The number of amides is 1. The van der Waals surface area contributed by atoms with E-state index >= 15 is 0 Å². The summed E-state index contributed by atoms with van der Waals surface area (Å²) in [4.78, 5) is 11.8. The van der Waals surface area contributed by atoms with Crippen LogP contribution >= 0.6 is 0 Å². The molecule has 0 unspecified atom stereocenters. The van der Waals surface area contributed by atoms with Crippen molar-refractivity contribution in [2.24, 2.45) is 7.05 Å². The van der Waals surface area contributed by atoms with Crippen molar-refractivity contribution in [1.29, 1.82) is 0 Å². The molecule has 10 heteroatoms. The number of aryl methyl sites for hydroxylation is 2. The Morgan fingerprint density at radius 2 is 2.17 bits per heavy atom. The van der Waals surface area contributed by atoms with E-state index in [1.165, 1.54) is 18.5 Å². The molecule has 0 aliphatic heterocycles. The summed E-state index contributed by atoms with van der Waals surface area (Å²) in [5, 5.41) is 9.97. The molecule has 1 aromatic heterocycles. The molecule has 24 heavy (non-hydrogen) atoms. The minimum absolute atomic E-state index is 0.0881. The number of hydrogen-bond acceptors (Lipinski definition) is 4. The van der Waals surface area contributed by atoms with Crippen molar-refractivity contribution in [1.82, 2.24) is 14.8 Å². The first-order chi connectivity index (χ1) is 11.3. The van der Waals surface area contributed by atoms with Gasteiger partial charge in [-0.2, -0.15) is 17.6 Å². The zero-order valence-electron chi connectivity index (χ0n) is 12.5. The molecule has 1 N–H and O–H groups in total. The Kier molecular flexibility index (Phi) is 5.37. The van der Waals surface area contributed by atoms with Gasteiger partial charge in [0, 0.05) is 31.6 Å². The van der Waals surface area contributed by atoms with Crippen molar-refractivity contribution in [3.63, 3.8) is 0 Å². The van der Waals surface area contributed by atoms with Gasteiger partial charge >= 0.3 is 12.5 Å². The summed E-state index contributed by atoms with van der Waals surface area (Å²) in [6, 6.07) is 4.85. The van der Waals surface area contributed by atoms with Gasteiger partial charge in [-0.25, -0.2) is 0 Å². The maximum atomic E-state index is 12.9. The molecular formula is C14H14F4N4O2. The predicted octanol–water partition coefficient (Wildman–Crippen LogP) is 2.62. The number of carbonyl (C=O) groups is 1. The van der Waals surface area contributed by atoms with Crippen LogP contribution in [0.3, 0.4) is 0 Å².